The average Bonchev–Trinajstić information content (AvgIpc) is 2.65. The van der Waals surface area contributed by atoms with Crippen LogP contribution in [0.3, 0.4) is 0 Å². The van der Waals surface area contributed by atoms with Crippen molar-refractivity contribution in [1.29, 1.82) is 0 Å². The van der Waals surface area contributed by atoms with Crippen LogP contribution in [0.2, 0.25) is 0 Å². The van der Waals surface area contributed by atoms with Gasteiger partial charge in [0.05, 0.1) is 9.82 Å². The van der Waals surface area contributed by atoms with Gasteiger partial charge in [-0.3, -0.25) is 10.1 Å². The van der Waals surface area contributed by atoms with E-state index in [-0.39, 0.29) is 22.3 Å². The Kier molecular flexibility index (Phi) is 8.45. The Hall–Kier alpha value is -2.14. The number of nitro benzene ring substituents is 1. The number of anilines is 1. The molecule has 0 aliphatic heterocycles. The van der Waals surface area contributed by atoms with E-state index < -0.39 is 14.9 Å². The largest absolute Gasteiger partial charge is 0.376 e. The number of nitrogens with one attached hydrogen (secondary N) is 1. The minimum atomic E-state index is -4.02. The molecule has 0 amide bonds. The van der Waals surface area contributed by atoms with E-state index >= 15 is 0 Å². The third kappa shape index (κ3) is 7.65. The maximum absolute atomic E-state index is 11.5. The van der Waals surface area contributed by atoms with E-state index in [2.05, 4.69) is 10.2 Å². The number of sulfonamides is 1. The van der Waals surface area contributed by atoms with Crippen LogP contribution in [-0.4, -0.2) is 50.7 Å². The van der Waals surface area contributed by atoms with Gasteiger partial charge in [-0.15, -0.1) is 11.8 Å². The molecule has 0 aliphatic carbocycles. The normalized spacial score (nSPS) is 12.7. The van der Waals surface area contributed by atoms with Gasteiger partial charge in [0, 0.05) is 22.8 Å². The highest BCUT2D eigenvalue weighted by Crippen LogP contribution is 2.29. The summed E-state index contributed by atoms with van der Waals surface area (Å²) in [6.45, 7) is 0.903. The van der Waals surface area contributed by atoms with Gasteiger partial charge in [-0.2, -0.15) is 0 Å². The maximum Gasteiger partial charge on any atom is 0.293 e. The van der Waals surface area contributed by atoms with Crippen LogP contribution in [0.25, 0.3) is 0 Å². The fraction of sp³-hybridized carbons (Fsp3) is 0.368. The molecule has 0 saturated carbocycles. The second kappa shape index (κ2) is 10.6. The van der Waals surface area contributed by atoms with E-state index in [0.29, 0.717) is 5.75 Å². The molecule has 0 heterocycles. The fourth-order valence-electron chi connectivity index (χ4n) is 2.75. The first-order valence-corrected chi connectivity index (χ1v) is 11.6. The average molecular weight is 439 g/mol. The van der Waals surface area contributed by atoms with Gasteiger partial charge >= 0.3 is 0 Å². The second-order valence-electron chi connectivity index (χ2n) is 6.89. The molecule has 0 aromatic heterocycles. The third-order valence-electron chi connectivity index (χ3n) is 4.21. The van der Waals surface area contributed by atoms with Crippen LogP contribution in [-0.2, 0) is 10.0 Å². The van der Waals surface area contributed by atoms with Crippen LogP contribution >= 0.6 is 11.8 Å². The first-order valence-electron chi connectivity index (χ1n) is 9.07. The van der Waals surface area contributed by atoms with E-state index in [1.165, 1.54) is 12.1 Å². The predicted octanol–water partition coefficient (Wildman–Crippen LogP) is 3.16. The zero-order valence-corrected chi connectivity index (χ0v) is 18.1. The molecule has 0 fully saturated rings. The van der Waals surface area contributed by atoms with Gasteiger partial charge in [0.25, 0.3) is 5.69 Å². The lowest BCUT2D eigenvalue weighted by Crippen LogP contribution is -2.25. The van der Waals surface area contributed by atoms with Crippen molar-refractivity contribution in [3.63, 3.8) is 0 Å². The Morgan fingerprint density at radius 2 is 1.90 bits per heavy atom. The molecular formula is C19H26N4O4S2. The van der Waals surface area contributed by atoms with Crippen molar-refractivity contribution >= 4 is 33.2 Å². The number of primary sulfonamides is 1. The summed E-state index contributed by atoms with van der Waals surface area (Å²) in [5.74, 6) is 0.714. The lowest BCUT2D eigenvalue weighted by atomic mass is 10.1. The molecule has 0 aliphatic rings. The van der Waals surface area contributed by atoms with Crippen molar-refractivity contribution in [2.24, 2.45) is 5.14 Å². The van der Waals surface area contributed by atoms with Gasteiger partial charge in [-0.25, -0.2) is 13.6 Å². The van der Waals surface area contributed by atoms with Crippen molar-refractivity contribution in [1.82, 2.24) is 4.90 Å². The van der Waals surface area contributed by atoms with Crippen LogP contribution in [0.5, 0.6) is 0 Å². The number of nitrogens with two attached hydrogens (primary N) is 1. The molecule has 158 valence electrons. The molecule has 3 N–H and O–H groups in total. The summed E-state index contributed by atoms with van der Waals surface area (Å²) in [6, 6.07) is 13.6. The number of benzene rings is 2. The molecule has 2 rings (SSSR count). The first-order chi connectivity index (χ1) is 13.7. The van der Waals surface area contributed by atoms with E-state index in [4.69, 9.17) is 5.14 Å². The van der Waals surface area contributed by atoms with Crippen molar-refractivity contribution in [2.45, 2.75) is 28.7 Å². The van der Waals surface area contributed by atoms with Crippen molar-refractivity contribution in [3.8, 4) is 0 Å². The molecule has 0 radical (unpaired) electrons. The molecule has 2 aromatic rings. The summed E-state index contributed by atoms with van der Waals surface area (Å²) >= 11 is 1.67. The predicted molar refractivity (Wildman–Crippen MR) is 117 cm³/mol. The molecule has 2 aromatic carbocycles. The summed E-state index contributed by atoms with van der Waals surface area (Å²) < 4.78 is 23.1. The number of thioether (sulfide) groups is 1. The molecule has 0 bridgehead atoms. The van der Waals surface area contributed by atoms with Crippen molar-refractivity contribution < 1.29 is 13.3 Å². The lowest BCUT2D eigenvalue weighted by molar-refractivity contribution is -0.384. The van der Waals surface area contributed by atoms with Crippen LogP contribution in [0.4, 0.5) is 11.4 Å². The van der Waals surface area contributed by atoms with Crippen molar-refractivity contribution in [3.05, 3.63) is 58.6 Å². The van der Waals surface area contributed by atoms with E-state index in [1.54, 1.807) is 11.8 Å². The first kappa shape index (κ1) is 23.1. The van der Waals surface area contributed by atoms with Gasteiger partial charge in [0.15, 0.2) is 0 Å². The van der Waals surface area contributed by atoms with Gasteiger partial charge < -0.3 is 10.2 Å². The van der Waals surface area contributed by atoms with E-state index in [9.17, 15) is 18.5 Å². The number of hydrogen-bond donors (Lipinski definition) is 2. The Morgan fingerprint density at radius 3 is 2.48 bits per heavy atom. The molecular weight excluding hydrogens is 412 g/mol. The van der Waals surface area contributed by atoms with Crippen LogP contribution < -0.4 is 10.5 Å². The lowest BCUT2D eigenvalue weighted by Gasteiger charge is -2.21. The number of rotatable bonds is 11. The standard InChI is InChI=1S/C19H26N4O4S2/c1-22(2)12-6-7-15(14-28-16-8-4-3-5-9-16)21-18-11-10-17(29(20,26)27)13-19(18)23(24)25/h3-5,8-11,13,15,21H,6-7,12,14H2,1-2H3,(H2,20,26,27)/t15-/m1/s1. The van der Waals surface area contributed by atoms with Crippen LogP contribution in [0, 0.1) is 10.1 Å². The fourth-order valence-corrected chi connectivity index (χ4v) is 4.27. The van der Waals surface area contributed by atoms with Gasteiger partial charge in [-0.05, 0) is 57.7 Å². The zero-order chi connectivity index (χ0) is 21.4. The van der Waals surface area contributed by atoms with Gasteiger partial charge in [-0.1, -0.05) is 18.2 Å². The number of nitro groups is 1. The highest BCUT2D eigenvalue weighted by molar-refractivity contribution is 7.99. The Labute approximate surface area is 175 Å². The van der Waals surface area contributed by atoms with Crippen LogP contribution in [0.15, 0.2) is 58.3 Å². The molecule has 10 heteroatoms. The topological polar surface area (TPSA) is 119 Å². The Balaban J connectivity index is 2.20. The molecule has 1 atom stereocenters. The maximum atomic E-state index is 11.5. The minimum absolute atomic E-state index is 0.0285. The summed E-state index contributed by atoms with van der Waals surface area (Å²) in [4.78, 5) is 13.8. The van der Waals surface area contributed by atoms with E-state index in [0.717, 1.165) is 30.3 Å². The molecule has 0 spiro atoms. The molecule has 29 heavy (non-hydrogen) atoms. The highest BCUT2D eigenvalue weighted by atomic mass is 32.2. The molecule has 8 nitrogen and oxygen atoms in total. The highest BCUT2D eigenvalue weighted by Gasteiger charge is 2.21. The summed E-state index contributed by atoms with van der Waals surface area (Å²) in [5, 5.41) is 19.8. The Morgan fingerprint density at radius 1 is 1.21 bits per heavy atom. The number of hydrogen-bond acceptors (Lipinski definition) is 7. The monoisotopic (exact) mass is 438 g/mol. The minimum Gasteiger partial charge on any atom is -0.376 e. The SMILES string of the molecule is CN(C)CCC[C@H](CSc1ccccc1)Nc1ccc(S(N)(=O)=O)cc1[N+](=O)[O-]. The zero-order valence-electron chi connectivity index (χ0n) is 16.4. The van der Waals surface area contributed by atoms with E-state index in [1.807, 2.05) is 44.4 Å². The second-order valence-corrected chi connectivity index (χ2v) is 9.55. The summed E-state index contributed by atoms with van der Waals surface area (Å²) in [7, 11) is -0.0199. The van der Waals surface area contributed by atoms with Crippen molar-refractivity contribution in [2.75, 3.05) is 31.7 Å². The Bertz CT molecular complexity index is 921. The van der Waals surface area contributed by atoms with Crippen LogP contribution in [0.1, 0.15) is 12.8 Å². The molecule has 0 unspecified atom stereocenters. The molecule has 0 saturated heterocycles. The smallest absolute Gasteiger partial charge is 0.293 e. The quantitative estimate of drug-likeness (QED) is 0.314. The summed E-state index contributed by atoms with van der Waals surface area (Å²) in [5.41, 5.74) is -0.0234. The number of nitrogens with zero attached hydrogens (tertiary/aromatic N) is 2. The third-order valence-corrected chi connectivity index (χ3v) is 6.29. The summed E-state index contributed by atoms with van der Waals surface area (Å²) in [6.07, 6.45) is 1.73. The van der Waals surface area contributed by atoms with Gasteiger partial charge in [0.1, 0.15) is 5.69 Å². The van der Waals surface area contributed by atoms with Gasteiger partial charge in [0.2, 0.25) is 10.0 Å².